The highest BCUT2D eigenvalue weighted by Gasteiger charge is 2.21. The standard InChI is InChI=1S/C31H29BrN4O4/c1-39-28-15-14-22(17-26(28)32)29-23(20-36(35-29)24-11-6-3-7-12-24)18-27(31(38)33-19-25-13-8-16-40-25)34-30(37)21-9-4-2-5-10-21/h2-7,9-12,14-15,17-18,20,25H,8,13,16,19H2,1H3,(H,33,38)(H,34,37)/b27-18-/t25-/m1/s1. The van der Waals surface area contributed by atoms with E-state index in [2.05, 4.69) is 26.6 Å². The van der Waals surface area contributed by atoms with Crippen LogP contribution in [0.1, 0.15) is 28.8 Å². The summed E-state index contributed by atoms with van der Waals surface area (Å²) in [5, 5.41) is 10.6. The lowest BCUT2D eigenvalue weighted by Crippen LogP contribution is -2.38. The molecule has 0 unspecified atom stereocenters. The molecule has 1 aliphatic heterocycles. The summed E-state index contributed by atoms with van der Waals surface area (Å²) in [6.07, 6.45) is 5.31. The number of amides is 2. The summed E-state index contributed by atoms with van der Waals surface area (Å²) in [7, 11) is 1.61. The van der Waals surface area contributed by atoms with Crippen LogP contribution in [0, 0.1) is 0 Å². The van der Waals surface area contributed by atoms with Crippen molar-refractivity contribution < 1.29 is 19.1 Å². The van der Waals surface area contributed by atoms with Crippen molar-refractivity contribution in [3.05, 3.63) is 106 Å². The number of hydrogen-bond donors (Lipinski definition) is 2. The van der Waals surface area contributed by atoms with Crippen LogP contribution in [-0.4, -0.2) is 48.0 Å². The van der Waals surface area contributed by atoms with Crippen LogP contribution in [0.2, 0.25) is 0 Å². The summed E-state index contributed by atoms with van der Waals surface area (Å²) >= 11 is 3.56. The predicted molar refractivity (Wildman–Crippen MR) is 157 cm³/mol. The van der Waals surface area contributed by atoms with Gasteiger partial charge in [-0.05, 0) is 77.3 Å². The van der Waals surface area contributed by atoms with Gasteiger partial charge in [-0.2, -0.15) is 5.10 Å². The molecular weight excluding hydrogens is 572 g/mol. The van der Waals surface area contributed by atoms with Crippen LogP contribution >= 0.6 is 15.9 Å². The second-order valence-electron chi connectivity index (χ2n) is 9.29. The summed E-state index contributed by atoms with van der Waals surface area (Å²) in [5.74, 6) is -0.106. The maximum absolute atomic E-state index is 13.4. The van der Waals surface area contributed by atoms with Crippen molar-refractivity contribution >= 4 is 33.8 Å². The Bertz CT molecular complexity index is 1510. The van der Waals surface area contributed by atoms with E-state index >= 15 is 0 Å². The minimum absolute atomic E-state index is 0.0388. The highest BCUT2D eigenvalue weighted by Crippen LogP contribution is 2.32. The Labute approximate surface area is 241 Å². The van der Waals surface area contributed by atoms with Crippen molar-refractivity contribution in [3.8, 4) is 22.7 Å². The van der Waals surface area contributed by atoms with E-state index in [1.54, 1.807) is 42.1 Å². The molecule has 9 heteroatoms. The third-order valence-corrected chi connectivity index (χ3v) is 7.15. The van der Waals surface area contributed by atoms with Crippen molar-refractivity contribution in [1.82, 2.24) is 20.4 Å². The summed E-state index contributed by atoms with van der Waals surface area (Å²) in [5.41, 5.74) is 3.49. The molecule has 2 amide bonds. The molecule has 0 saturated carbocycles. The third kappa shape index (κ3) is 6.50. The Hall–Kier alpha value is -4.21. The van der Waals surface area contributed by atoms with Gasteiger partial charge in [0.15, 0.2) is 0 Å². The number of carbonyl (C=O) groups is 2. The summed E-state index contributed by atoms with van der Waals surface area (Å²) in [6, 6.07) is 24.1. The highest BCUT2D eigenvalue weighted by molar-refractivity contribution is 9.10. The molecule has 0 aliphatic carbocycles. The van der Waals surface area contributed by atoms with Crippen molar-refractivity contribution in [3.63, 3.8) is 0 Å². The van der Waals surface area contributed by atoms with Gasteiger partial charge in [0.1, 0.15) is 17.1 Å². The molecule has 4 aromatic rings. The summed E-state index contributed by atoms with van der Waals surface area (Å²) in [4.78, 5) is 26.5. The van der Waals surface area contributed by atoms with Gasteiger partial charge >= 0.3 is 0 Å². The monoisotopic (exact) mass is 600 g/mol. The smallest absolute Gasteiger partial charge is 0.267 e. The number of methoxy groups -OCH3 is 1. The summed E-state index contributed by atoms with van der Waals surface area (Å²) < 4.78 is 13.6. The highest BCUT2D eigenvalue weighted by atomic mass is 79.9. The number of hydrogen-bond acceptors (Lipinski definition) is 5. The lowest BCUT2D eigenvalue weighted by molar-refractivity contribution is -0.118. The predicted octanol–water partition coefficient (Wildman–Crippen LogP) is 5.38. The van der Waals surface area contributed by atoms with Crippen molar-refractivity contribution in [1.29, 1.82) is 0 Å². The maximum atomic E-state index is 13.4. The fraction of sp³-hybridized carbons (Fsp3) is 0.194. The lowest BCUT2D eigenvalue weighted by atomic mass is 10.1. The van der Waals surface area contributed by atoms with Gasteiger partial charge in [0, 0.05) is 36.0 Å². The van der Waals surface area contributed by atoms with Crippen LogP contribution in [-0.2, 0) is 9.53 Å². The number of carbonyl (C=O) groups excluding carboxylic acids is 2. The van der Waals surface area contributed by atoms with Crippen molar-refractivity contribution in [2.45, 2.75) is 18.9 Å². The van der Waals surface area contributed by atoms with E-state index in [-0.39, 0.29) is 17.7 Å². The van der Waals surface area contributed by atoms with Crippen molar-refractivity contribution in [2.24, 2.45) is 0 Å². The van der Waals surface area contributed by atoms with Crippen molar-refractivity contribution in [2.75, 3.05) is 20.3 Å². The Morgan fingerprint density at radius 1 is 1.10 bits per heavy atom. The first-order valence-corrected chi connectivity index (χ1v) is 13.8. The summed E-state index contributed by atoms with van der Waals surface area (Å²) in [6.45, 7) is 1.05. The van der Waals surface area contributed by atoms with Gasteiger partial charge in [0.25, 0.3) is 11.8 Å². The number of nitrogens with zero attached hydrogens (tertiary/aromatic N) is 2. The fourth-order valence-corrected chi connectivity index (χ4v) is 4.99. The molecule has 2 heterocycles. The number of para-hydroxylation sites is 1. The molecule has 5 rings (SSSR count). The second kappa shape index (κ2) is 12.8. The molecule has 1 atom stereocenters. The fourth-order valence-electron chi connectivity index (χ4n) is 4.45. The van der Waals surface area contributed by atoms with Gasteiger partial charge in [0.2, 0.25) is 0 Å². The number of halogens is 1. The Kier molecular flexibility index (Phi) is 8.73. The molecule has 0 spiro atoms. The third-order valence-electron chi connectivity index (χ3n) is 6.53. The number of ether oxygens (including phenoxy) is 2. The number of nitrogens with one attached hydrogen (secondary N) is 2. The SMILES string of the molecule is COc1ccc(-c2nn(-c3ccccc3)cc2/C=C(\NC(=O)c2ccccc2)C(=O)NC[C@H]2CCCO2)cc1Br. The molecule has 40 heavy (non-hydrogen) atoms. The molecule has 204 valence electrons. The zero-order chi connectivity index (χ0) is 27.9. The van der Waals surface area contributed by atoms with E-state index in [9.17, 15) is 9.59 Å². The van der Waals surface area contributed by atoms with Gasteiger partial charge in [-0.3, -0.25) is 9.59 Å². The molecule has 0 radical (unpaired) electrons. The largest absolute Gasteiger partial charge is 0.496 e. The number of aromatic nitrogens is 2. The molecule has 0 bridgehead atoms. The first-order chi connectivity index (χ1) is 19.5. The Balaban J connectivity index is 1.55. The van der Waals surface area contributed by atoms with Gasteiger partial charge in [-0.15, -0.1) is 0 Å². The van der Waals surface area contributed by atoms with Crippen LogP contribution in [0.25, 0.3) is 23.0 Å². The van der Waals surface area contributed by atoms with Gasteiger partial charge in [0.05, 0.1) is 23.4 Å². The molecule has 1 saturated heterocycles. The normalized spacial score (nSPS) is 15.1. The number of rotatable bonds is 9. The molecule has 1 aliphatic rings. The zero-order valence-electron chi connectivity index (χ0n) is 22.0. The minimum atomic E-state index is -0.408. The van der Waals surface area contributed by atoms with Crippen LogP contribution < -0.4 is 15.4 Å². The topological polar surface area (TPSA) is 94.5 Å². The van der Waals surface area contributed by atoms with Crippen LogP contribution in [0.15, 0.2) is 95.2 Å². The van der Waals surface area contributed by atoms with E-state index in [0.717, 1.165) is 28.6 Å². The lowest BCUT2D eigenvalue weighted by Gasteiger charge is -2.14. The number of benzene rings is 3. The molecule has 1 aromatic heterocycles. The van der Waals surface area contributed by atoms with E-state index in [1.807, 2.05) is 60.8 Å². The second-order valence-corrected chi connectivity index (χ2v) is 10.1. The van der Waals surface area contributed by atoms with E-state index in [1.165, 1.54) is 0 Å². The van der Waals surface area contributed by atoms with Gasteiger partial charge in [-0.1, -0.05) is 36.4 Å². The van der Waals surface area contributed by atoms with Gasteiger partial charge in [-0.25, -0.2) is 4.68 Å². The van der Waals surface area contributed by atoms with E-state index in [0.29, 0.717) is 35.7 Å². The van der Waals surface area contributed by atoms with Gasteiger partial charge < -0.3 is 20.1 Å². The average molecular weight is 602 g/mol. The van der Waals surface area contributed by atoms with Crippen LogP contribution in [0.5, 0.6) is 5.75 Å². The maximum Gasteiger partial charge on any atom is 0.267 e. The van der Waals surface area contributed by atoms with E-state index < -0.39 is 5.91 Å². The first kappa shape index (κ1) is 27.4. The van der Waals surface area contributed by atoms with Crippen LogP contribution in [0.4, 0.5) is 0 Å². The first-order valence-electron chi connectivity index (χ1n) is 13.0. The molecule has 3 aromatic carbocycles. The molecule has 8 nitrogen and oxygen atoms in total. The molecule has 1 fully saturated rings. The van der Waals surface area contributed by atoms with E-state index in [4.69, 9.17) is 14.6 Å². The minimum Gasteiger partial charge on any atom is -0.496 e. The average Bonchev–Trinajstić information content (AvgIpc) is 3.67. The Morgan fingerprint density at radius 3 is 2.52 bits per heavy atom. The molecule has 2 N–H and O–H groups in total. The van der Waals surface area contributed by atoms with Crippen LogP contribution in [0.3, 0.4) is 0 Å². The Morgan fingerprint density at radius 2 is 1.85 bits per heavy atom. The zero-order valence-corrected chi connectivity index (χ0v) is 23.6. The molecular formula is C31H29BrN4O4. The quantitative estimate of drug-likeness (QED) is 0.252.